The number of hydrogen-bond acceptors (Lipinski definition) is 4. The number of aromatic nitrogens is 2. The van der Waals surface area contributed by atoms with Gasteiger partial charge in [0.15, 0.2) is 10.6 Å². The van der Waals surface area contributed by atoms with E-state index in [2.05, 4.69) is 5.10 Å². The van der Waals surface area contributed by atoms with Crippen molar-refractivity contribution in [3.63, 3.8) is 0 Å². The molecule has 0 bridgehead atoms. The molecule has 1 aromatic heterocycles. The Hall–Kier alpha value is -2.34. The van der Waals surface area contributed by atoms with Crippen LogP contribution in [0.1, 0.15) is 5.69 Å². The molecule has 0 aliphatic heterocycles. The third-order valence-corrected chi connectivity index (χ3v) is 5.74. The Bertz CT molecular complexity index is 1130. The van der Waals surface area contributed by atoms with Gasteiger partial charge in [0.2, 0.25) is 10.0 Å². The molecule has 0 fully saturated rings. The number of benzene rings is 2. The van der Waals surface area contributed by atoms with Gasteiger partial charge in [-0.15, -0.1) is 0 Å². The molecular formula is C17H14F3N3O3S2. The normalized spacial score (nSPS) is 13.5. The van der Waals surface area contributed by atoms with Crippen LogP contribution in [0, 0.1) is 0 Å². The predicted molar refractivity (Wildman–Crippen MR) is 97.7 cm³/mol. The minimum atomic E-state index is -4.75. The fourth-order valence-corrected chi connectivity index (χ4v) is 3.89. The molecule has 2 N–H and O–H groups in total. The SMILES string of the molecule is C[S+]([O-])c1cccc(-c2cc(C(F)(F)F)nn2-c2ccccc2S(N)(=O)=O)c1. The van der Waals surface area contributed by atoms with Crippen molar-refractivity contribution in [2.75, 3.05) is 6.26 Å². The Morgan fingerprint density at radius 3 is 2.39 bits per heavy atom. The summed E-state index contributed by atoms with van der Waals surface area (Å²) in [7, 11) is -4.22. The van der Waals surface area contributed by atoms with E-state index in [9.17, 15) is 26.1 Å². The molecule has 6 nitrogen and oxygen atoms in total. The number of primary sulfonamides is 1. The summed E-state index contributed by atoms with van der Waals surface area (Å²) in [6, 6.07) is 12.2. The highest BCUT2D eigenvalue weighted by molar-refractivity contribution is 7.90. The summed E-state index contributed by atoms with van der Waals surface area (Å²) in [5.41, 5.74) is -1.05. The number of nitrogens with zero attached hydrogens (tertiary/aromatic N) is 2. The van der Waals surface area contributed by atoms with Gasteiger partial charge in [-0.3, -0.25) is 0 Å². The zero-order chi connectivity index (χ0) is 20.7. The van der Waals surface area contributed by atoms with Crippen molar-refractivity contribution in [3.05, 3.63) is 60.3 Å². The molecule has 3 rings (SSSR count). The minimum absolute atomic E-state index is 0.0178. The summed E-state index contributed by atoms with van der Waals surface area (Å²) in [5, 5.41) is 8.78. The Morgan fingerprint density at radius 1 is 1.11 bits per heavy atom. The second kappa shape index (κ2) is 7.24. The van der Waals surface area contributed by atoms with E-state index in [-0.39, 0.29) is 16.3 Å². The molecule has 1 atom stereocenters. The maximum atomic E-state index is 13.3. The molecule has 0 saturated heterocycles. The number of para-hydroxylation sites is 1. The van der Waals surface area contributed by atoms with Crippen LogP contribution < -0.4 is 5.14 Å². The fraction of sp³-hybridized carbons (Fsp3) is 0.118. The number of rotatable bonds is 4. The average molecular weight is 429 g/mol. The first kappa shape index (κ1) is 20.4. The highest BCUT2D eigenvalue weighted by Crippen LogP contribution is 2.34. The lowest BCUT2D eigenvalue weighted by Crippen LogP contribution is -2.16. The Kier molecular flexibility index (Phi) is 5.28. The number of nitrogens with two attached hydrogens (primary N) is 1. The number of sulfonamides is 1. The van der Waals surface area contributed by atoms with Gasteiger partial charge in [0.05, 0.1) is 11.4 Å². The Morgan fingerprint density at radius 2 is 1.79 bits per heavy atom. The lowest BCUT2D eigenvalue weighted by molar-refractivity contribution is -0.141. The molecule has 3 aromatic rings. The van der Waals surface area contributed by atoms with Gasteiger partial charge in [-0.05, 0) is 35.4 Å². The van der Waals surface area contributed by atoms with Crippen molar-refractivity contribution in [1.29, 1.82) is 0 Å². The van der Waals surface area contributed by atoms with E-state index < -0.39 is 33.1 Å². The lowest BCUT2D eigenvalue weighted by atomic mass is 10.1. The van der Waals surface area contributed by atoms with Crippen molar-refractivity contribution in [1.82, 2.24) is 9.78 Å². The van der Waals surface area contributed by atoms with Gasteiger partial charge in [0.1, 0.15) is 11.2 Å². The fourth-order valence-electron chi connectivity index (χ4n) is 2.62. The molecule has 0 spiro atoms. The monoisotopic (exact) mass is 429 g/mol. The standard InChI is InChI=1S/C17H14F3N3O3S2/c1-27(24)12-6-4-5-11(9-12)14-10-16(17(18,19)20)22-23(14)13-7-2-3-8-15(13)28(21,25)26/h2-10H,1H3,(H2,21,25,26). The van der Waals surface area contributed by atoms with Crippen LogP contribution in [0.2, 0.25) is 0 Å². The van der Waals surface area contributed by atoms with E-state index in [1.54, 1.807) is 12.1 Å². The van der Waals surface area contributed by atoms with Crippen LogP contribution in [-0.4, -0.2) is 29.0 Å². The molecule has 0 saturated carbocycles. The largest absolute Gasteiger partial charge is 0.612 e. The first-order valence-electron chi connectivity index (χ1n) is 7.72. The second-order valence-electron chi connectivity index (χ2n) is 5.82. The molecule has 0 amide bonds. The number of halogens is 3. The van der Waals surface area contributed by atoms with Crippen LogP contribution in [-0.2, 0) is 27.4 Å². The molecule has 0 aliphatic carbocycles. The van der Waals surface area contributed by atoms with E-state index in [0.717, 1.165) is 10.7 Å². The summed E-state index contributed by atoms with van der Waals surface area (Å²) < 4.78 is 76.3. The molecule has 2 aromatic carbocycles. The van der Waals surface area contributed by atoms with Crippen molar-refractivity contribution in [2.45, 2.75) is 16.0 Å². The van der Waals surface area contributed by atoms with Crippen molar-refractivity contribution in [2.24, 2.45) is 5.14 Å². The summed E-state index contributed by atoms with van der Waals surface area (Å²) >= 11 is -1.36. The van der Waals surface area contributed by atoms with Gasteiger partial charge >= 0.3 is 6.18 Å². The zero-order valence-corrected chi connectivity index (χ0v) is 16.0. The Labute approximate surface area is 162 Å². The molecule has 148 valence electrons. The summed E-state index contributed by atoms with van der Waals surface area (Å²) in [6.07, 6.45) is -3.31. The molecule has 0 aliphatic rings. The predicted octanol–water partition coefficient (Wildman–Crippen LogP) is 2.94. The van der Waals surface area contributed by atoms with E-state index in [0.29, 0.717) is 10.5 Å². The molecule has 0 radical (unpaired) electrons. The van der Waals surface area contributed by atoms with Crippen LogP contribution in [0.4, 0.5) is 13.2 Å². The summed E-state index contributed by atoms with van der Waals surface area (Å²) in [5.74, 6) is 0. The van der Waals surface area contributed by atoms with Crippen molar-refractivity contribution in [3.8, 4) is 16.9 Å². The zero-order valence-electron chi connectivity index (χ0n) is 14.3. The Balaban J connectivity index is 2.32. The van der Waals surface area contributed by atoms with Crippen molar-refractivity contribution >= 4 is 21.2 Å². The summed E-state index contributed by atoms with van der Waals surface area (Å²) in [4.78, 5) is 0.0295. The molecular weight excluding hydrogens is 415 g/mol. The third-order valence-electron chi connectivity index (χ3n) is 3.86. The first-order chi connectivity index (χ1) is 13.0. The van der Waals surface area contributed by atoms with Gasteiger partial charge in [-0.2, -0.15) is 18.3 Å². The smallest absolute Gasteiger partial charge is 0.435 e. The second-order valence-corrected chi connectivity index (χ2v) is 8.73. The van der Waals surface area contributed by atoms with Gasteiger partial charge < -0.3 is 4.55 Å². The van der Waals surface area contributed by atoms with Crippen LogP contribution in [0.15, 0.2) is 64.4 Å². The number of alkyl halides is 3. The third kappa shape index (κ3) is 4.07. The minimum Gasteiger partial charge on any atom is -0.612 e. The van der Waals surface area contributed by atoms with Crippen molar-refractivity contribution < 1.29 is 26.1 Å². The molecule has 1 heterocycles. The van der Waals surface area contributed by atoms with Crippen LogP contribution in [0.5, 0.6) is 0 Å². The van der Waals surface area contributed by atoms with Gasteiger partial charge in [-0.25, -0.2) is 18.2 Å². The first-order valence-corrected chi connectivity index (χ1v) is 10.8. The van der Waals surface area contributed by atoms with E-state index in [1.165, 1.54) is 42.7 Å². The molecule has 1 unspecified atom stereocenters. The van der Waals surface area contributed by atoms with Crippen LogP contribution in [0.25, 0.3) is 16.9 Å². The maximum absolute atomic E-state index is 13.3. The van der Waals surface area contributed by atoms with E-state index >= 15 is 0 Å². The van der Waals surface area contributed by atoms with Gasteiger partial charge in [0.25, 0.3) is 0 Å². The number of hydrogen-bond donors (Lipinski definition) is 1. The molecule has 28 heavy (non-hydrogen) atoms. The van der Waals surface area contributed by atoms with Gasteiger partial charge in [0, 0.05) is 11.6 Å². The maximum Gasteiger partial charge on any atom is 0.435 e. The topological polar surface area (TPSA) is 101 Å². The van der Waals surface area contributed by atoms with Crippen LogP contribution >= 0.6 is 0 Å². The lowest BCUT2D eigenvalue weighted by Gasteiger charge is -2.12. The quantitative estimate of drug-likeness (QED) is 0.645. The summed E-state index contributed by atoms with van der Waals surface area (Å²) in [6.45, 7) is 0. The molecule has 11 heteroatoms. The average Bonchev–Trinajstić information content (AvgIpc) is 3.07. The van der Waals surface area contributed by atoms with Crippen LogP contribution in [0.3, 0.4) is 0 Å². The van der Waals surface area contributed by atoms with E-state index in [1.807, 2.05) is 0 Å². The highest BCUT2D eigenvalue weighted by atomic mass is 32.2. The highest BCUT2D eigenvalue weighted by Gasteiger charge is 2.36. The van der Waals surface area contributed by atoms with E-state index in [4.69, 9.17) is 5.14 Å². The van der Waals surface area contributed by atoms with Gasteiger partial charge in [-0.1, -0.05) is 24.3 Å².